The predicted octanol–water partition coefficient (Wildman–Crippen LogP) is -3.71. The normalized spacial score (nSPS) is 53.8. The van der Waals surface area contributed by atoms with Gasteiger partial charge in [0, 0.05) is 43.5 Å². The molecule has 0 amide bonds. The number of aliphatic hydroxyl groups is 14. The molecule has 35 atom stereocenters. The van der Waals surface area contributed by atoms with Crippen molar-refractivity contribution in [1.82, 2.24) is 0 Å². The summed E-state index contributed by atoms with van der Waals surface area (Å²) < 4.78 is 86.5. The van der Waals surface area contributed by atoms with Gasteiger partial charge in [0.2, 0.25) is 0 Å². The van der Waals surface area contributed by atoms with Gasteiger partial charge in [-0.15, -0.1) is 0 Å². The highest BCUT2D eigenvalue weighted by Gasteiger charge is 2.58. The van der Waals surface area contributed by atoms with E-state index in [0.29, 0.717) is 23.7 Å². The molecule has 0 aromatic heterocycles. The number of ether oxygens (including phenoxy) is 14. The Morgan fingerprint density at radius 1 is 0.235 bits per heavy atom. The lowest BCUT2D eigenvalue weighted by Gasteiger charge is -2.50. The minimum atomic E-state index is -1.90. The van der Waals surface area contributed by atoms with Gasteiger partial charge in [-0.1, -0.05) is 165 Å². The second-order valence-electron chi connectivity index (χ2n) is 20.9. The summed E-state index contributed by atoms with van der Waals surface area (Å²) in [5.74, 6) is -0.596. The summed E-state index contributed by atoms with van der Waals surface area (Å²) in [7, 11) is 0. The van der Waals surface area contributed by atoms with Gasteiger partial charge < -0.3 is 138 Å². The summed E-state index contributed by atoms with van der Waals surface area (Å²) in [5, 5.41) is 161. The minimum absolute atomic E-state index is 0.0336. The van der Waals surface area contributed by atoms with Crippen molar-refractivity contribution in [3.63, 3.8) is 0 Å². The first-order valence-electron chi connectivity index (χ1n) is 26.2. The van der Waals surface area contributed by atoms with Crippen LogP contribution in [0.1, 0.15) is 19.3 Å². The highest BCUT2D eigenvalue weighted by Crippen LogP contribution is 2.40. The zero-order valence-corrected chi connectivity index (χ0v) is 57.7. The van der Waals surface area contributed by atoms with Crippen molar-refractivity contribution in [3.05, 3.63) is 0 Å². The van der Waals surface area contributed by atoms with Crippen LogP contribution in [-0.2, 0) is 66.3 Å². The second-order valence-corrected chi connectivity index (χ2v) is 27.0. The van der Waals surface area contributed by atoms with Gasteiger partial charge in [0.05, 0.1) is 48.8 Å². The predicted molar refractivity (Wildman–Crippen MR) is 329 cm³/mol. The van der Waals surface area contributed by atoms with Crippen molar-refractivity contribution >= 4 is 158 Å². The molecule has 35 heteroatoms. The van der Waals surface area contributed by atoms with E-state index in [1.54, 1.807) is 0 Å². The monoisotopic (exact) mass is 1960 g/mol. The highest BCUT2D eigenvalue weighted by molar-refractivity contribution is 14.1. The Bertz CT molecular complexity index is 1920. The van der Waals surface area contributed by atoms with Crippen LogP contribution < -0.4 is 0 Å². The molecular weight excluding hydrogens is 1890 g/mol. The molecule has 0 aliphatic carbocycles. The molecule has 24 fully saturated rings. The molecule has 14 N–H and O–H groups in total. The Balaban J connectivity index is 1.02. The largest absolute Gasteiger partial charge is 0.390 e. The lowest BCUT2D eigenvalue weighted by atomic mass is 9.85. The molecule has 24 aliphatic heterocycles. The van der Waals surface area contributed by atoms with Crippen LogP contribution in [-0.4, -0.2) is 318 Å². The van der Waals surface area contributed by atoms with Crippen molar-refractivity contribution in [2.45, 2.75) is 228 Å². The molecule has 0 spiro atoms. The number of fused-ring (bicyclic) bond motifs is 1. The summed E-state index contributed by atoms with van der Waals surface area (Å²) in [6.45, 7) is 0.0336. The van der Waals surface area contributed by atoms with Crippen molar-refractivity contribution in [2.24, 2.45) is 5.92 Å². The summed E-state index contributed by atoms with van der Waals surface area (Å²) >= 11 is 13.8. The zero-order valence-electron chi connectivity index (χ0n) is 42.6. The van der Waals surface area contributed by atoms with Gasteiger partial charge in [0.1, 0.15) is 116 Å². The fourth-order valence-electron chi connectivity index (χ4n) is 11.1. The fourth-order valence-corrected chi connectivity index (χ4v) is 16.2. The molecule has 0 radical (unpaired) electrons. The van der Waals surface area contributed by atoms with E-state index in [4.69, 9.17) is 66.3 Å². The second kappa shape index (κ2) is 32.2. The van der Waals surface area contributed by atoms with Gasteiger partial charge in [0.15, 0.2) is 44.0 Å². The van der Waals surface area contributed by atoms with E-state index < -0.39 is 215 Å². The minimum Gasteiger partial charge on any atom is -0.390 e. The quantitative estimate of drug-likeness (QED) is 0.0861. The molecule has 0 aromatic rings. The van der Waals surface area contributed by atoms with E-state index in [1.165, 1.54) is 0 Å². The van der Waals surface area contributed by atoms with Gasteiger partial charge in [-0.05, 0) is 12.8 Å². The van der Waals surface area contributed by atoms with E-state index in [0.717, 1.165) is 0 Å². The third-order valence-corrected chi connectivity index (χ3v) is 21.8. The van der Waals surface area contributed by atoms with E-state index >= 15 is 0 Å². The molecule has 0 aromatic carbocycles. The number of rotatable bonds is 7. The van der Waals surface area contributed by atoms with Crippen LogP contribution in [0, 0.1) is 5.92 Å². The molecule has 24 aliphatic rings. The van der Waals surface area contributed by atoms with Crippen LogP contribution in [0.25, 0.3) is 0 Å². The number of hydrogen-bond donors (Lipinski definition) is 14. The molecule has 14 bridgehead atoms. The lowest BCUT2D eigenvalue weighted by Crippen LogP contribution is -2.68. The Hall–Kier alpha value is 3.99. The maximum absolute atomic E-state index is 11.6. The SMILES string of the molecule is OC1C2OC(CI)C(CCCCOC3OC(CI)C(OC4OC(CI)C(OC5OC(CI)C(OC6OC(CI)C(OC7OC(CI)C(OC8OC(CI)C(O2)C(O)C8O)C(O)C7O)C(O)C6O)C(O)C5O)C(O)C4O)C(O)C3O)C1O. The van der Waals surface area contributed by atoms with Crippen molar-refractivity contribution in [3.8, 4) is 0 Å². The van der Waals surface area contributed by atoms with Crippen LogP contribution in [0.15, 0.2) is 0 Å². The number of hydrogen-bond acceptors (Lipinski definition) is 28. The number of alkyl halides is 7. The standard InChI is InChI=1S/C46H71I7O28/c47-5-13-12-3-1-2-4-68-40-28(62)21(55)34(14(6-48)70-40)77-42-30(64)23(57)36(16(8-50)72-42)79-44-32(66)25(59)38(18(10-52)74-44)81-46-33(67)26(60)39(19(11-53)75-46)80-45-31(65)24(58)37(17(9-51)73-45)78-43-29(63)22(56)35(15(7-49)71-43)76-41(69-13)27(61)20(12)54/h12-46,54-67H,1-11H2. The average molecular weight is 1960 g/mol. The average Bonchev–Trinajstić information content (AvgIpc) is 3.56. The molecule has 28 nitrogen and oxygen atoms in total. The van der Waals surface area contributed by atoms with Gasteiger partial charge in [-0.2, -0.15) is 0 Å². The molecule has 35 unspecified atom stereocenters. The molecule has 24 saturated heterocycles. The fraction of sp³-hybridized carbons (Fsp3) is 1.00. The topological polar surface area (TPSA) is 412 Å². The van der Waals surface area contributed by atoms with Gasteiger partial charge in [-0.25, -0.2) is 0 Å². The first-order valence-corrected chi connectivity index (χ1v) is 36.9. The maximum Gasteiger partial charge on any atom is 0.187 e. The molecule has 24 heterocycles. The van der Waals surface area contributed by atoms with Gasteiger partial charge in [0.25, 0.3) is 0 Å². The van der Waals surface area contributed by atoms with Crippen molar-refractivity contribution in [1.29, 1.82) is 0 Å². The molecule has 24 rings (SSSR count). The Morgan fingerprint density at radius 2 is 0.444 bits per heavy atom. The van der Waals surface area contributed by atoms with Gasteiger partial charge >= 0.3 is 0 Å². The zero-order chi connectivity index (χ0) is 58.9. The summed E-state index contributed by atoms with van der Waals surface area (Å²) in [5.41, 5.74) is 0. The highest BCUT2D eigenvalue weighted by atomic mass is 127. The Kier molecular flexibility index (Phi) is 28.2. The van der Waals surface area contributed by atoms with Crippen LogP contribution in [0.4, 0.5) is 0 Å². The molecular formula is C46H71I7O28. The first-order chi connectivity index (χ1) is 38.7. The smallest absolute Gasteiger partial charge is 0.187 e. The van der Waals surface area contributed by atoms with E-state index in [9.17, 15) is 71.5 Å². The Morgan fingerprint density at radius 3 is 0.691 bits per heavy atom. The van der Waals surface area contributed by atoms with Crippen molar-refractivity contribution in [2.75, 3.05) is 37.6 Å². The van der Waals surface area contributed by atoms with E-state index in [-0.39, 0.29) is 33.2 Å². The van der Waals surface area contributed by atoms with E-state index in [2.05, 4.69) is 22.6 Å². The van der Waals surface area contributed by atoms with E-state index in [1.807, 2.05) is 136 Å². The van der Waals surface area contributed by atoms with Crippen LogP contribution in [0.5, 0.6) is 0 Å². The van der Waals surface area contributed by atoms with Crippen LogP contribution in [0.2, 0.25) is 0 Å². The van der Waals surface area contributed by atoms with Crippen LogP contribution >= 0.6 is 158 Å². The van der Waals surface area contributed by atoms with Gasteiger partial charge in [-0.3, -0.25) is 0 Å². The summed E-state index contributed by atoms with van der Waals surface area (Å²) in [6.07, 6.45) is -49.8. The maximum atomic E-state index is 11.6. The van der Waals surface area contributed by atoms with Crippen molar-refractivity contribution < 1.29 is 138 Å². The molecule has 81 heavy (non-hydrogen) atoms. The lowest BCUT2D eigenvalue weighted by molar-refractivity contribution is -0.389. The number of aliphatic hydroxyl groups excluding tert-OH is 14. The number of halogens is 7. The first kappa shape index (κ1) is 70.9. The molecule has 472 valence electrons. The molecule has 0 saturated carbocycles. The summed E-state index contributed by atoms with van der Waals surface area (Å²) in [4.78, 5) is 0. The Labute approximate surface area is 561 Å². The third-order valence-electron chi connectivity index (χ3n) is 15.7. The third kappa shape index (κ3) is 15.6. The van der Waals surface area contributed by atoms with Crippen LogP contribution in [0.3, 0.4) is 0 Å². The summed E-state index contributed by atoms with van der Waals surface area (Å²) in [6, 6.07) is 0.